The minimum absolute atomic E-state index is 0.0112. The van der Waals surface area contributed by atoms with Crippen LogP contribution >= 0.6 is 0 Å². The third-order valence-corrected chi connectivity index (χ3v) is 6.08. The topological polar surface area (TPSA) is 76.5 Å². The highest BCUT2D eigenvalue weighted by Crippen LogP contribution is 2.37. The summed E-state index contributed by atoms with van der Waals surface area (Å²) in [5.74, 6) is 0.360. The molecule has 7 nitrogen and oxygen atoms in total. The second-order valence-corrected chi connectivity index (χ2v) is 8.13. The number of amides is 2. The minimum atomic E-state index is -0.179. The number of ether oxygens (including phenoxy) is 1. The van der Waals surface area contributed by atoms with Gasteiger partial charge in [-0.15, -0.1) is 0 Å². The average molecular weight is 396 g/mol. The smallest absolute Gasteiger partial charge is 0.274 e. The molecule has 0 radical (unpaired) electrons. The Morgan fingerprint density at radius 1 is 1.21 bits per heavy atom. The molecule has 0 bridgehead atoms. The van der Waals surface area contributed by atoms with Crippen molar-refractivity contribution in [2.24, 2.45) is 13.0 Å². The van der Waals surface area contributed by atoms with Gasteiger partial charge in [0.15, 0.2) is 0 Å². The van der Waals surface area contributed by atoms with Gasteiger partial charge >= 0.3 is 0 Å². The Hall–Kier alpha value is -2.67. The van der Waals surface area contributed by atoms with Gasteiger partial charge in [0.25, 0.3) is 11.8 Å². The first kappa shape index (κ1) is 19.6. The number of likely N-dealkylation sites (tertiary alicyclic amines) is 1. The molecule has 1 aromatic heterocycles. The van der Waals surface area contributed by atoms with Crippen LogP contribution in [0.15, 0.2) is 42.6 Å². The lowest BCUT2D eigenvalue weighted by Crippen LogP contribution is -2.51. The third kappa shape index (κ3) is 4.50. The highest BCUT2D eigenvalue weighted by molar-refractivity contribution is 5.94. The van der Waals surface area contributed by atoms with Crippen molar-refractivity contribution in [3.63, 3.8) is 0 Å². The van der Waals surface area contributed by atoms with Gasteiger partial charge in [-0.2, -0.15) is 5.10 Å². The molecule has 29 heavy (non-hydrogen) atoms. The van der Waals surface area contributed by atoms with Gasteiger partial charge in [-0.3, -0.25) is 14.3 Å². The van der Waals surface area contributed by atoms with Gasteiger partial charge in [0.2, 0.25) is 0 Å². The number of piperidine rings is 1. The molecule has 1 N–H and O–H groups in total. The molecule has 0 saturated carbocycles. The highest BCUT2D eigenvalue weighted by atomic mass is 16.5. The van der Waals surface area contributed by atoms with E-state index >= 15 is 0 Å². The number of benzene rings is 1. The van der Waals surface area contributed by atoms with Crippen molar-refractivity contribution < 1.29 is 14.3 Å². The predicted molar refractivity (Wildman–Crippen MR) is 109 cm³/mol. The molecule has 1 atom stereocenters. The number of aryl methyl sites for hydroxylation is 1. The Kier molecular flexibility index (Phi) is 5.67. The van der Waals surface area contributed by atoms with Crippen LogP contribution in [-0.2, 0) is 11.8 Å². The lowest BCUT2D eigenvalue weighted by atomic mass is 9.79. The number of nitrogens with zero attached hydrogens (tertiary/aromatic N) is 3. The zero-order valence-electron chi connectivity index (χ0n) is 16.8. The summed E-state index contributed by atoms with van der Waals surface area (Å²) >= 11 is 0. The summed E-state index contributed by atoms with van der Waals surface area (Å²) in [6.07, 6.45) is 5.32. The number of carbonyl (C=O) groups excluding carboxylic acids is 2. The number of rotatable bonds is 4. The van der Waals surface area contributed by atoms with Crippen molar-refractivity contribution in [3.8, 4) is 0 Å². The predicted octanol–water partition coefficient (Wildman–Crippen LogP) is 2.25. The molecule has 2 fully saturated rings. The summed E-state index contributed by atoms with van der Waals surface area (Å²) in [5, 5.41) is 7.29. The third-order valence-electron chi connectivity index (χ3n) is 6.08. The quantitative estimate of drug-likeness (QED) is 0.860. The Morgan fingerprint density at radius 2 is 1.97 bits per heavy atom. The molecule has 1 aromatic carbocycles. The zero-order valence-corrected chi connectivity index (χ0v) is 16.8. The first-order valence-corrected chi connectivity index (χ1v) is 10.3. The van der Waals surface area contributed by atoms with Crippen molar-refractivity contribution in [2.45, 2.75) is 31.3 Å². The van der Waals surface area contributed by atoms with Crippen molar-refractivity contribution in [2.75, 3.05) is 26.2 Å². The van der Waals surface area contributed by atoms with Crippen LogP contribution in [0.25, 0.3) is 0 Å². The van der Waals surface area contributed by atoms with Gasteiger partial charge in [-0.1, -0.05) is 18.2 Å². The summed E-state index contributed by atoms with van der Waals surface area (Å²) in [4.78, 5) is 26.8. The highest BCUT2D eigenvalue weighted by Gasteiger charge is 2.41. The van der Waals surface area contributed by atoms with Crippen molar-refractivity contribution in [1.29, 1.82) is 0 Å². The fraction of sp³-hybridized carbons (Fsp3) is 0.500. The number of hydrogen-bond acceptors (Lipinski definition) is 4. The van der Waals surface area contributed by atoms with E-state index in [2.05, 4.69) is 10.4 Å². The maximum Gasteiger partial charge on any atom is 0.274 e. The number of aromatic nitrogens is 2. The Balaban J connectivity index is 1.29. The molecule has 0 aliphatic carbocycles. The SMILES string of the molecule is Cn1ccc(C(=O)N2CCC3(CC2)CC(CNC(=O)c2ccccc2)CCO3)n1. The van der Waals surface area contributed by atoms with E-state index in [9.17, 15) is 9.59 Å². The summed E-state index contributed by atoms with van der Waals surface area (Å²) in [7, 11) is 1.81. The molecule has 7 heteroatoms. The molecular weight excluding hydrogens is 368 g/mol. The van der Waals surface area contributed by atoms with E-state index in [1.807, 2.05) is 42.3 Å². The fourth-order valence-electron chi connectivity index (χ4n) is 4.39. The molecule has 2 aromatic rings. The van der Waals surface area contributed by atoms with E-state index in [1.165, 1.54) is 0 Å². The van der Waals surface area contributed by atoms with E-state index < -0.39 is 0 Å². The van der Waals surface area contributed by atoms with Gasteiger partial charge in [0.1, 0.15) is 5.69 Å². The van der Waals surface area contributed by atoms with E-state index in [-0.39, 0.29) is 17.4 Å². The van der Waals surface area contributed by atoms with Crippen molar-refractivity contribution in [1.82, 2.24) is 20.0 Å². The van der Waals surface area contributed by atoms with Crippen LogP contribution in [0.5, 0.6) is 0 Å². The van der Waals surface area contributed by atoms with Gasteiger partial charge in [-0.25, -0.2) is 0 Å². The summed E-state index contributed by atoms with van der Waals surface area (Å²) in [6, 6.07) is 11.1. The lowest BCUT2D eigenvalue weighted by Gasteiger charge is -2.46. The van der Waals surface area contributed by atoms with Gasteiger partial charge in [0, 0.05) is 45.0 Å². The van der Waals surface area contributed by atoms with Crippen molar-refractivity contribution in [3.05, 3.63) is 53.9 Å². The molecule has 1 unspecified atom stereocenters. The lowest BCUT2D eigenvalue weighted by molar-refractivity contribution is -0.122. The first-order chi connectivity index (χ1) is 14.0. The van der Waals surface area contributed by atoms with Gasteiger partial charge in [0.05, 0.1) is 5.60 Å². The van der Waals surface area contributed by atoms with Crippen molar-refractivity contribution >= 4 is 11.8 Å². The van der Waals surface area contributed by atoms with Crippen LogP contribution in [0.4, 0.5) is 0 Å². The molecular formula is C22H28N4O3. The van der Waals surface area contributed by atoms with Gasteiger partial charge < -0.3 is 15.0 Å². The number of hydrogen-bond donors (Lipinski definition) is 1. The monoisotopic (exact) mass is 396 g/mol. The summed E-state index contributed by atoms with van der Waals surface area (Å²) in [5.41, 5.74) is 1.01. The second kappa shape index (κ2) is 8.37. The first-order valence-electron chi connectivity index (χ1n) is 10.3. The standard InChI is InChI=1S/C22H28N4O3/c1-25-11-7-19(24-25)21(28)26-12-9-22(10-13-26)15-17(8-14-29-22)16-23-20(27)18-5-3-2-4-6-18/h2-7,11,17H,8-10,12-16H2,1H3,(H,23,27). The van der Waals surface area contributed by atoms with E-state index in [0.29, 0.717) is 43.4 Å². The maximum atomic E-state index is 12.6. The Labute approximate surface area is 171 Å². The van der Waals surface area contributed by atoms with Crippen LogP contribution in [-0.4, -0.2) is 58.3 Å². The summed E-state index contributed by atoms with van der Waals surface area (Å²) < 4.78 is 7.85. The second-order valence-electron chi connectivity index (χ2n) is 8.13. The minimum Gasteiger partial charge on any atom is -0.375 e. The zero-order chi connectivity index (χ0) is 20.3. The molecule has 1 spiro atoms. The van der Waals surface area contributed by atoms with E-state index in [4.69, 9.17) is 4.74 Å². The van der Waals surface area contributed by atoms with E-state index in [1.54, 1.807) is 16.9 Å². The molecule has 2 saturated heterocycles. The fourth-order valence-corrected chi connectivity index (χ4v) is 4.39. The number of carbonyl (C=O) groups is 2. The largest absolute Gasteiger partial charge is 0.375 e. The number of nitrogens with one attached hydrogen (secondary N) is 1. The summed E-state index contributed by atoms with van der Waals surface area (Å²) in [6.45, 7) is 2.73. The molecule has 4 rings (SSSR count). The van der Waals surface area contributed by atoms with Crippen LogP contribution in [0.1, 0.15) is 46.5 Å². The Morgan fingerprint density at radius 3 is 2.66 bits per heavy atom. The van der Waals surface area contributed by atoms with Crippen LogP contribution in [0.3, 0.4) is 0 Å². The maximum absolute atomic E-state index is 12.6. The van der Waals surface area contributed by atoms with E-state index in [0.717, 1.165) is 25.7 Å². The molecule has 3 heterocycles. The molecule has 2 aliphatic rings. The normalized spacial score (nSPS) is 21.1. The van der Waals surface area contributed by atoms with Crippen LogP contribution in [0.2, 0.25) is 0 Å². The van der Waals surface area contributed by atoms with Crippen LogP contribution in [0, 0.1) is 5.92 Å². The molecule has 2 amide bonds. The van der Waals surface area contributed by atoms with Crippen LogP contribution < -0.4 is 5.32 Å². The van der Waals surface area contributed by atoms with Gasteiger partial charge in [-0.05, 0) is 49.8 Å². The molecule has 2 aliphatic heterocycles. The Bertz CT molecular complexity index is 856. The molecule has 154 valence electrons. The average Bonchev–Trinajstić information content (AvgIpc) is 3.19.